The number of halogens is 1. The van der Waals surface area contributed by atoms with Gasteiger partial charge < -0.3 is 27.6 Å². The molecule has 0 spiro atoms. The Labute approximate surface area is 291 Å². The average Bonchev–Trinajstić information content (AvgIpc) is 2.87. The van der Waals surface area contributed by atoms with E-state index >= 15 is 0 Å². The van der Waals surface area contributed by atoms with E-state index in [0.29, 0.717) is 36.0 Å². The number of esters is 1. The summed E-state index contributed by atoms with van der Waals surface area (Å²) in [4.78, 5) is 30.5. The molecule has 43 heavy (non-hydrogen) atoms. The van der Waals surface area contributed by atoms with Crippen LogP contribution in [0.2, 0.25) is 0 Å². The third-order valence-electron chi connectivity index (χ3n) is 5.85. The largest absolute Gasteiger partial charge is 2.00 e. The molecule has 0 radical (unpaired) electrons. The molecule has 0 aliphatic heterocycles. The first-order valence-corrected chi connectivity index (χ1v) is 15.6. The van der Waals surface area contributed by atoms with Gasteiger partial charge in [0.2, 0.25) is 0 Å². The van der Waals surface area contributed by atoms with Crippen molar-refractivity contribution in [3.63, 3.8) is 0 Å². The topological polar surface area (TPSA) is 101 Å². The van der Waals surface area contributed by atoms with Gasteiger partial charge in [-0.1, -0.05) is 101 Å². The molecule has 0 rings (SSSR count). The Morgan fingerprint density at radius 3 is 1.44 bits per heavy atom. The van der Waals surface area contributed by atoms with Crippen molar-refractivity contribution in [2.45, 2.75) is 148 Å². The molecule has 0 bridgehead atoms. The normalized spacial score (nSPS) is 12.8. The van der Waals surface area contributed by atoms with E-state index in [1.165, 1.54) is 18.6 Å². The number of unbranched alkanes of at least 4 members (excludes halogenated alkanes) is 1. The van der Waals surface area contributed by atoms with Crippen molar-refractivity contribution in [3.8, 4) is 0 Å². The zero-order chi connectivity index (χ0) is 33.4. The first-order valence-electron chi connectivity index (χ1n) is 15.6. The molecule has 0 aliphatic rings. The van der Waals surface area contributed by atoms with Crippen LogP contribution < -0.4 is 0 Å². The second-order valence-electron chi connectivity index (χ2n) is 11.5. The predicted octanol–water partition coefficient (Wildman–Crippen LogP) is 9.66. The second kappa shape index (κ2) is 43.2. The Kier molecular flexibility index (Phi) is 58.0. The summed E-state index contributed by atoms with van der Waals surface area (Å²) < 4.78 is 5.43. The predicted molar refractivity (Wildman–Crippen MR) is 191 cm³/mol. The molecule has 0 heterocycles. The van der Waals surface area contributed by atoms with Crippen LogP contribution >= 0.6 is 12.4 Å². The molecule has 0 aliphatic carbocycles. The van der Waals surface area contributed by atoms with Gasteiger partial charge in [-0.3, -0.25) is 0 Å². The molecule has 0 aromatic heterocycles. The molecule has 0 fully saturated rings. The van der Waals surface area contributed by atoms with E-state index in [1.807, 2.05) is 20.8 Å². The van der Waals surface area contributed by atoms with Crippen molar-refractivity contribution in [1.29, 1.82) is 0 Å². The number of aliphatic hydroxyl groups is 1. The van der Waals surface area contributed by atoms with Gasteiger partial charge in [0, 0.05) is 18.6 Å². The smallest absolute Gasteiger partial charge is 1.00 e. The number of hydrogen-bond acceptors (Lipinski definition) is 5. The van der Waals surface area contributed by atoms with E-state index in [4.69, 9.17) is 9.84 Å². The molecule has 0 aromatic carbocycles. The summed E-state index contributed by atoms with van der Waals surface area (Å²) in [5.74, 6) is 1.49. The summed E-state index contributed by atoms with van der Waals surface area (Å²) in [6.07, 6.45) is 14.7. The number of rotatable bonds is 14. The van der Waals surface area contributed by atoms with Crippen LogP contribution in [0.25, 0.3) is 0 Å². The molecule has 256 valence electrons. The summed E-state index contributed by atoms with van der Waals surface area (Å²) >= 11 is 0. The number of aliphatic hydroxyl groups excluding tert-OH is 1. The van der Waals surface area contributed by atoms with Gasteiger partial charge in [-0.2, -0.15) is 13.3 Å². The number of carbonyl (C=O) groups is 3. The van der Waals surface area contributed by atoms with Crippen molar-refractivity contribution in [1.82, 2.24) is 0 Å². The Bertz CT molecular complexity index is 641. The monoisotopic (exact) mass is 646 g/mol. The first-order chi connectivity index (χ1) is 19.0. The maximum atomic E-state index is 11.3. The molecule has 0 amide bonds. The zero-order valence-corrected chi connectivity index (χ0v) is 32.6. The molecule has 2 N–H and O–H groups in total. The minimum Gasteiger partial charge on any atom is -1.00 e. The van der Waals surface area contributed by atoms with Gasteiger partial charge in [0.1, 0.15) is 12.4 Å². The van der Waals surface area contributed by atoms with E-state index in [9.17, 15) is 19.5 Å². The van der Waals surface area contributed by atoms with Gasteiger partial charge in [0.15, 0.2) is 0 Å². The van der Waals surface area contributed by atoms with E-state index < -0.39 is 5.97 Å². The minimum atomic E-state index is -0.891. The molecule has 4 unspecified atom stereocenters. The number of aldehydes is 1. The summed E-state index contributed by atoms with van der Waals surface area (Å²) in [5, 5.41) is 17.3. The van der Waals surface area contributed by atoms with Crippen molar-refractivity contribution in [3.05, 3.63) is 30.7 Å². The van der Waals surface area contributed by atoms with Crippen molar-refractivity contribution < 1.29 is 30.8 Å². The fraction of sp³-hybridized carbons (Fsp3) is 0.771. The number of carboxylic acids is 1. The summed E-state index contributed by atoms with van der Waals surface area (Å²) in [7, 11) is 0. The molecular formula is C35H71ClMgO6. The SMILES string of the molecule is C/C=C/C(=O)O.C/C=C/C(=O)OC(CC(C)C)C(C)CC.CC(C)CC=O.CCC(C)C(O)CC(C)C.C[CH-]CC.Cl.[H-].[Mg+2]. The first kappa shape index (κ1) is 57.7. The van der Waals surface area contributed by atoms with Crippen LogP contribution in [0.3, 0.4) is 0 Å². The molecule has 0 saturated heterocycles. The van der Waals surface area contributed by atoms with Crippen molar-refractivity contribution >= 4 is 53.7 Å². The number of carboxylic acid groups (broad SMARTS) is 1. The molecular weight excluding hydrogens is 576 g/mol. The quantitative estimate of drug-likeness (QED) is 0.0640. The van der Waals surface area contributed by atoms with Gasteiger partial charge in [-0.15, -0.1) is 12.4 Å². The van der Waals surface area contributed by atoms with E-state index in [0.717, 1.165) is 38.0 Å². The molecule has 6 nitrogen and oxygen atoms in total. The van der Waals surface area contributed by atoms with Crippen molar-refractivity contribution in [2.75, 3.05) is 0 Å². The van der Waals surface area contributed by atoms with Crippen LogP contribution in [0.15, 0.2) is 24.3 Å². The Morgan fingerprint density at radius 1 is 0.814 bits per heavy atom. The van der Waals surface area contributed by atoms with Gasteiger partial charge in [0.05, 0.1) is 6.10 Å². The van der Waals surface area contributed by atoms with Gasteiger partial charge in [-0.05, 0) is 56.3 Å². The van der Waals surface area contributed by atoms with Gasteiger partial charge >= 0.3 is 35.0 Å². The van der Waals surface area contributed by atoms with Gasteiger partial charge in [0.25, 0.3) is 0 Å². The third kappa shape index (κ3) is 57.4. The van der Waals surface area contributed by atoms with E-state index in [-0.39, 0.29) is 55.1 Å². The van der Waals surface area contributed by atoms with Crippen LogP contribution in [-0.4, -0.2) is 63.7 Å². The van der Waals surface area contributed by atoms with Crippen LogP contribution in [0.5, 0.6) is 0 Å². The Balaban J connectivity index is -0.0000000651. The number of ether oxygens (including phenoxy) is 1. The number of allylic oxidation sites excluding steroid dienone is 2. The number of aliphatic carboxylic acids is 1. The van der Waals surface area contributed by atoms with E-state index in [2.05, 4.69) is 75.7 Å². The molecule has 8 heteroatoms. The van der Waals surface area contributed by atoms with Crippen LogP contribution in [-0.2, 0) is 19.1 Å². The van der Waals surface area contributed by atoms with Crippen molar-refractivity contribution in [2.24, 2.45) is 29.6 Å². The fourth-order valence-electron chi connectivity index (χ4n) is 2.77. The molecule has 0 saturated carbocycles. The number of hydrogen-bond donors (Lipinski definition) is 2. The third-order valence-corrected chi connectivity index (χ3v) is 5.85. The molecule has 4 atom stereocenters. The Hall–Kier alpha value is -0.894. The van der Waals surface area contributed by atoms with Gasteiger partial charge in [-0.25, -0.2) is 9.59 Å². The number of carbonyl (C=O) groups excluding carboxylic acids is 2. The summed E-state index contributed by atoms with van der Waals surface area (Å²) in [6.45, 7) is 28.8. The van der Waals surface area contributed by atoms with Crippen LogP contribution in [0.1, 0.15) is 137 Å². The second-order valence-corrected chi connectivity index (χ2v) is 11.5. The zero-order valence-electron chi connectivity index (χ0n) is 31.4. The van der Waals surface area contributed by atoms with Crippen LogP contribution in [0.4, 0.5) is 0 Å². The average molecular weight is 648 g/mol. The van der Waals surface area contributed by atoms with Crippen LogP contribution in [0, 0.1) is 36.0 Å². The fourth-order valence-corrected chi connectivity index (χ4v) is 2.77. The summed E-state index contributed by atoms with van der Waals surface area (Å²) in [5.41, 5.74) is 0. The molecule has 0 aromatic rings. The van der Waals surface area contributed by atoms with E-state index in [1.54, 1.807) is 13.0 Å². The maximum absolute atomic E-state index is 11.3. The minimum absolute atomic E-state index is 0. The Morgan fingerprint density at radius 2 is 1.23 bits per heavy atom. The summed E-state index contributed by atoms with van der Waals surface area (Å²) in [6, 6.07) is 0. The standard InChI is InChI=1S/C13H24O2.C9H20O.C5H10O.C4H6O2.C4H9.ClH.Mg.H/c1-6-8-13(14)15-12(9-10(3)4)11(5)7-2;1-5-8(4)9(10)6-7(2)3;1-5(2)3-4-6;1-2-3-4(5)6;1-3-4-2;;;/h6,8,10-12H,7,9H2,1-5H3;7-10H,5-6H2,1-4H3;4-5H,3H2,1-2H3;2-3H,1H3,(H,5,6);3H,4H2,1-2H3;1H;;/q;;;;-1;;+2;-1/b8-6+;;;3-2+;;;;. The maximum Gasteiger partial charge on any atom is 2.00 e.